The largest absolute Gasteiger partial charge is 0.467 e. The highest BCUT2D eigenvalue weighted by Crippen LogP contribution is 2.21. The molecule has 1 aromatic carbocycles. The Balaban J connectivity index is 1.60. The van der Waals surface area contributed by atoms with Crippen LogP contribution in [0.1, 0.15) is 24.2 Å². The highest BCUT2D eigenvalue weighted by atomic mass is 19.1. The third-order valence-electron chi connectivity index (χ3n) is 3.54. The molecule has 2 aromatic rings. The van der Waals surface area contributed by atoms with Crippen LogP contribution >= 0.6 is 0 Å². The molecule has 1 N–H and O–H groups in total. The molecule has 0 aliphatic heterocycles. The number of rotatable bonds is 6. The lowest BCUT2D eigenvalue weighted by molar-refractivity contribution is 0.502. The van der Waals surface area contributed by atoms with Crippen LogP contribution in [-0.2, 0) is 13.1 Å². The van der Waals surface area contributed by atoms with E-state index in [0.29, 0.717) is 18.3 Å². The lowest BCUT2D eigenvalue weighted by Gasteiger charge is -2.18. The number of anilines is 1. The Morgan fingerprint density at radius 3 is 2.90 bits per heavy atom. The Kier molecular flexibility index (Phi) is 3.74. The topological polar surface area (TPSA) is 28.4 Å². The van der Waals surface area contributed by atoms with E-state index >= 15 is 0 Å². The highest BCUT2D eigenvalue weighted by Gasteiger charge is 2.20. The fourth-order valence-corrected chi connectivity index (χ4v) is 2.23. The number of nitrogens with one attached hydrogen (secondary N) is 1. The first-order valence-corrected chi connectivity index (χ1v) is 6.98. The van der Waals surface area contributed by atoms with Gasteiger partial charge in [0.05, 0.1) is 18.5 Å². The molecule has 3 nitrogen and oxygen atoms in total. The zero-order valence-electron chi connectivity index (χ0n) is 11.6. The molecule has 1 saturated carbocycles. The number of halogens is 1. The summed E-state index contributed by atoms with van der Waals surface area (Å²) in [6, 6.07) is 9.50. The average Bonchev–Trinajstić information content (AvgIpc) is 3.17. The molecule has 1 aliphatic carbocycles. The summed E-state index contributed by atoms with van der Waals surface area (Å²) in [4.78, 5) is 1.85. The van der Waals surface area contributed by atoms with Gasteiger partial charge in [0.2, 0.25) is 0 Å². The van der Waals surface area contributed by atoms with Crippen LogP contribution in [0.4, 0.5) is 10.1 Å². The van der Waals surface area contributed by atoms with Crippen LogP contribution in [0.15, 0.2) is 41.0 Å². The molecule has 0 spiro atoms. The van der Waals surface area contributed by atoms with Crippen LogP contribution in [0, 0.1) is 5.82 Å². The number of furan rings is 1. The lowest BCUT2D eigenvalue weighted by Crippen LogP contribution is -2.17. The van der Waals surface area contributed by atoms with E-state index in [9.17, 15) is 4.39 Å². The monoisotopic (exact) mass is 274 g/mol. The van der Waals surface area contributed by atoms with E-state index in [1.807, 2.05) is 24.1 Å². The van der Waals surface area contributed by atoms with Gasteiger partial charge in [-0.15, -0.1) is 0 Å². The smallest absolute Gasteiger partial charge is 0.146 e. The minimum absolute atomic E-state index is 0.211. The van der Waals surface area contributed by atoms with E-state index in [0.717, 1.165) is 17.9 Å². The number of benzene rings is 1. The van der Waals surface area contributed by atoms with E-state index in [1.54, 1.807) is 18.4 Å². The second-order valence-corrected chi connectivity index (χ2v) is 5.38. The maximum atomic E-state index is 13.7. The van der Waals surface area contributed by atoms with Crippen molar-refractivity contribution < 1.29 is 8.81 Å². The minimum atomic E-state index is -0.211. The first-order valence-electron chi connectivity index (χ1n) is 6.98. The maximum Gasteiger partial charge on any atom is 0.146 e. The van der Waals surface area contributed by atoms with Crippen molar-refractivity contribution in [3.8, 4) is 0 Å². The normalized spacial score (nSPS) is 14.5. The summed E-state index contributed by atoms with van der Waals surface area (Å²) >= 11 is 0. The van der Waals surface area contributed by atoms with Crippen molar-refractivity contribution in [2.75, 3.05) is 11.9 Å². The van der Waals surface area contributed by atoms with E-state index in [4.69, 9.17) is 4.42 Å². The third kappa shape index (κ3) is 3.20. The fourth-order valence-electron chi connectivity index (χ4n) is 2.23. The van der Waals surface area contributed by atoms with Crippen LogP contribution in [0.2, 0.25) is 0 Å². The van der Waals surface area contributed by atoms with Gasteiger partial charge in [0.1, 0.15) is 11.6 Å². The van der Waals surface area contributed by atoms with Crippen LogP contribution in [0.5, 0.6) is 0 Å². The van der Waals surface area contributed by atoms with Crippen molar-refractivity contribution in [3.05, 3.63) is 53.7 Å². The first kappa shape index (κ1) is 13.2. The summed E-state index contributed by atoms with van der Waals surface area (Å²) in [7, 11) is 1.86. The van der Waals surface area contributed by atoms with Crippen molar-refractivity contribution in [2.24, 2.45) is 0 Å². The molecule has 0 saturated heterocycles. The molecule has 106 valence electrons. The summed E-state index contributed by atoms with van der Waals surface area (Å²) in [5, 5.41) is 3.45. The zero-order valence-corrected chi connectivity index (χ0v) is 11.6. The van der Waals surface area contributed by atoms with Gasteiger partial charge in [-0.25, -0.2) is 4.39 Å². The summed E-state index contributed by atoms with van der Waals surface area (Å²) in [6.07, 6.45) is 4.33. The van der Waals surface area contributed by atoms with Gasteiger partial charge in [0.15, 0.2) is 0 Å². The van der Waals surface area contributed by atoms with Crippen LogP contribution in [0.3, 0.4) is 0 Å². The quantitative estimate of drug-likeness (QED) is 0.876. The van der Waals surface area contributed by atoms with Crippen molar-refractivity contribution >= 4 is 5.69 Å². The Morgan fingerprint density at radius 2 is 2.15 bits per heavy atom. The molecular weight excluding hydrogens is 255 g/mol. The van der Waals surface area contributed by atoms with Gasteiger partial charge in [-0.2, -0.15) is 0 Å². The maximum absolute atomic E-state index is 13.7. The molecule has 0 bridgehead atoms. The van der Waals surface area contributed by atoms with Gasteiger partial charge in [0, 0.05) is 25.2 Å². The lowest BCUT2D eigenvalue weighted by atomic mass is 10.2. The van der Waals surface area contributed by atoms with E-state index < -0.39 is 0 Å². The first-order chi connectivity index (χ1) is 9.72. The predicted octanol–water partition coefficient (Wildman–Crippen LogP) is 3.31. The van der Waals surface area contributed by atoms with E-state index in [-0.39, 0.29) is 5.82 Å². The summed E-state index contributed by atoms with van der Waals surface area (Å²) in [6.45, 7) is 1.40. The van der Waals surface area contributed by atoms with Crippen molar-refractivity contribution in [1.82, 2.24) is 5.32 Å². The van der Waals surface area contributed by atoms with Crippen LogP contribution in [-0.4, -0.2) is 13.1 Å². The minimum Gasteiger partial charge on any atom is -0.467 e. The van der Waals surface area contributed by atoms with E-state index in [2.05, 4.69) is 5.32 Å². The van der Waals surface area contributed by atoms with Crippen LogP contribution < -0.4 is 10.2 Å². The van der Waals surface area contributed by atoms with Gasteiger partial charge in [-0.1, -0.05) is 12.1 Å². The molecule has 1 aliphatic rings. The fraction of sp³-hybridized carbons (Fsp3) is 0.375. The molecular formula is C16H19FN2O. The summed E-state index contributed by atoms with van der Waals surface area (Å²) in [5.41, 5.74) is 1.73. The molecule has 0 radical (unpaired) electrons. The Hall–Kier alpha value is -1.81. The molecule has 1 aromatic heterocycles. The molecule has 0 atom stereocenters. The average molecular weight is 274 g/mol. The molecule has 1 fully saturated rings. The standard InChI is InChI=1S/C16H19FN2O/c1-19(16-5-3-2-4-15(16)17)10-14-8-12(11-20-14)9-18-13-6-7-13/h2-5,8,11,13,18H,6-7,9-10H2,1H3. The van der Waals surface area contributed by atoms with Gasteiger partial charge < -0.3 is 14.6 Å². The SMILES string of the molecule is CN(Cc1cc(CNC2CC2)co1)c1ccccc1F. The van der Waals surface area contributed by atoms with Crippen LogP contribution in [0.25, 0.3) is 0 Å². The number of hydrogen-bond donors (Lipinski definition) is 1. The number of nitrogens with zero attached hydrogens (tertiary/aromatic N) is 1. The highest BCUT2D eigenvalue weighted by molar-refractivity contribution is 5.46. The number of hydrogen-bond acceptors (Lipinski definition) is 3. The van der Waals surface area contributed by atoms with Gasteiger partial charge in [-0.05, 0) is 31.0 Å². The predicted molar refractivity (Wildman–Crippen MR) is 77.1 cm³/mol. The second kappa shape index (κ2) is 5.67. The van der Waals surface area contributed by atoms with Gasteiger partial charge in [0.25, 0.3) is 0 Å². The molecule has 3 rings (SSSR count). The molecule has 4 heteroatoms. The Morgan fingerprint density at radius 1 is 1.35 bits per heavy atom. The Labute approximate surface area is 118 Å². The third-order valence-corrected chi connectivity index (χ3v) is 3.54. The summed E-state index contributed by atoms with van der Waals surface area (Å²) < 4.78 is 19.2. The molecule has 0 amide bonds. The zero-order chi connectivity index (χ0) is 13.9. The van der Waals surface area contributed by atoms with Crippen molar-refractivity contribution in [1.29, 1.82) is 0 Å². The van der Waals surface area contributed by atoms with Gasteiger partial charge in [-0.3, -0.25) is 0 Å². The Bertz CT molecular complexity index is 577. The number of para-hydroxylation sites is 1. The molecule has 0 unspecified atom stereocenters. The summed E-state index contributed by atoms with van der Waals surface area (Å²) in [5.74, 6) is 0.639. The second-order valence-electron chi connectivity index (χ2n) is 5.38. The van der Waals surface area contributed by atoms with Crippen molar-refractivity contribution in [3.63, 3.8) is 0 Å². The molecule has 1 heterocycles. The van der Waals surface area contributed by atoms with Crippen molar-refractivity contribution in [2.45, 2.75) is 32.0 Å². The molecule has 20 heavy (non-hydrogen) atoms. The van der Waals surface area contributed by atoms with Gasteiger partial charge >= 0.3 is 0 Å². The van der Waals surface area contributed by atoms with E-state index in [1.165, 1.54) is 18.9 Å².